The number of nitrogens with one attached hydrogen (secondary N) is 1. The molecule has 2 N–H and O–H groups in total. The van der Waals surface area contributed by atoms with E-state index in [1.807, 2.05) is 17.2 Å². The van der Waals surface area contributed by atoms with E-state index in [2.05, 4.69) is 85.2 Å². The second kappa shape index (κ2) is 9.62. The van der Waals surface area contributed by atoms with E-state index in [0.717, 1.165) is 60.6 Å². The molecule has 3 aromatic rings. The maximum absolute atomic E-state index is 12.6. The normalized spacial score (nSPS) is 23.2. The zero-order valence-electron chi connectivity index (χ0n) is 23.6. The maximum atomic E-state index is 12.6. The Hall–Kier alpha value is -3.03. The number of carbonyl (C=O) groups is 1. The molecule has 0 saturated carbocycles. The number of hydrogen-bond acceptors (Lipinski definition) is 5. The van der Waals surface area contributed by atoms with Crippen molar-refractivity contribution in [2.45, 2.75) is 64.4 Å². The van der Waals surface area contributed by atoms with Crippen molar-refractivity contribution in [2.24, 2.45) is 5.41 Å². The van der Waals surface area contributed by atoms with E-state index in [-0.39, 0.29) is 16.7 Å². The molecule has 0 radical (unpaired) electrons. The van der Waals surface area contributed by atoms with Crippen molar-refractivity contribution < 1.29 is 9.90 Å². The number of piperidine rings is 1. The van der Waals surface area contributed by atoms with Gasteiger partial charge in [-0.3, -0.25) is 14.9 Å². The maximum Gasteiger partial charge on any atom is 0.219 e. The van der Waals surface area contributed by atoms with Gasteiger partial charge >= 0.3 is 0 Å². The van der Waals surface area contributed by atoms with Gasteiger partial charge in [0.25, 0.3) is 0 Å². The summed E-state index contributed by atoms with van der Waals surface area (Å²) in [6.45, 7) is 13.4. The molecule has 7 nitrogen and oxygen atoms in total. The lowest BCUT2D eigenvalue weighted by atomic mass is 9.62. The number of hydrogen-bond donors (Lipinski definition) is 2. The van der Waals surface area contributed by atoms with Crippen LogP contribution in [0.2, 0.25) is 0 Å². The zero-order valence-corrected chi connectivity index (χ0v) is 23.6. The van der Waals surface area contributed by atoms with Crippen molar-refractivity contribution in [3.63, 3.8) is 0 Å². The molecule has 38 heavy (non-hydrogen) atoms. The average molecular weight is 516 g/mol. The Kier molecular flexibility index (Phi) is 6.72. The standard InChI is InChI=1S/C31H41N5O2/c1-21(2)23-8-10-25(11-9-23)31(38,30(5)19-35(6)20-30)26-14-24(16-32-17-26)27-15-28(34-33-27)29(4)12-7-13-36(18-29)22(3)37/h8-11,14-17,21,38H,7,12-13,18-20H2,1-6H3,(H,33,34)/t29?,31-/m0/s1. The molecule has 4 heterocycles. The highest BCUT2D eigenvalue weighted by atomic mass is 16.3. The van der Waals surface area contributed by atoms with Gasteiger partial charge in [-0.2, -0.15) is 5.10 Å². The molecule has 1 aromatic carbocycles. The minimum atomic E-state index is -1.20. The van der Waals surface area contributed by atoms with Gasteiger partial charge in [0, 0.05) is 73.1 Å². The Morgan fingerprint density at radius 2 is 1.79 bits per heavy atom. The molecule has 202 valence electrons. The van der Waals surface area contributed by atoms with Crippen LogP contribution in [-0.4, -0.2) is 69.2 Å². The number of aliphatic hydroxyl groups is 1. The summed E-state index contributed by atoms with van der Waals surface area (Å²) < 4.78 is 0. The fourth-order valence-electron chi connectivity index (χ4n) is 6.63. The number of H-pyrrole nitrogens is 1. The fourth-order valence-corrected chi connectivity index (χ4v) is 6.63. The van der Waals surface area contributed by atoms with Crippen molar-refractivity contribution >= 4 is 5.91 Å². The predicted molar refractivity (Wildman–Crippen MR) is 150 cm³/mol. The zero-order chi connectivity index (χ0) is 27.3. The second-order valence-corrected chi connectivity index (χ2v) is 12.5. The van der Waals surface area contributed by atoms with Gasteiger partial charge in [-0.25, -0.2) is 0 Å². The number of benzene rings is 1. The summed E-state index contributed by atoms with van der Waals surface area (Å²) in [5, 5.41) is 20.5. The molecule has 0 bridgehead atoms. The summed E-state index contributed by atoms with van der Waals surface area (Å²) in [6.07, 6.45) is 5.57. The van der Waals surface area contributed by atoms with Crippen LogP contribution in [0.5, 0.6) is 0 Å². The molecule has 0 aliphatic carbocycles. The first-order valence-electron chi connectivity index (χ1n) is 13.7. The van der Waals surface area contributed by atoms with E-state index in [1.54, 1.807) is 13.1 Å². The quantitative estimate of drug-likeness (QED) is 0.498. The van der Waals surface area contributed by atoms with Gasteiger partial charge in [0.2, 0.25) is 5.91 Å². The molecule has 7 heteroatoms. The van der Waals surface area contributed by atoms with Gasteiger partial charge in [0.05, 0.1) is 5.69 Å². The van der Waals surface area contributed by atoms with Crippen molar-refractivity contribution in [3.8, 4) is 11.3 Å². The Balaban J connectivity index is 1.51. The van der Waals surface area contributed by atoms with Crippen molar-refractivity contribution in [2.75, 3.05) is 33.2 Å². The van der Waals surface area contributed by atoms with Gasteiger partial charge in [-0.15, -0.1) is 0 Å². The van der Waals surface area contributed by atoms with Gasteiger partial charge in [0.15, 0.2) is 0 Å². The van der Waals surface area contributed by atoms with E-state index < -0.39 is 5.60 Å². The first kappa shape index (κ1) is 26.6. The third kappa shape index (κ3) is 4.46. The lowest BCUT2D eigenvalue weighted by molar-refractivity contribution is -0.130. The highest BCUT2D eigenvalue weighted by Gasteiger charge is 2.55. The van der Waals surface area contributed by atoms with Crippen LogP contribution in [0.4, 0.5) is 0 Å². The average Bonchev–Trinajstić information content (AvgIpc) is 3.39. The summed E-state index contributed by atoms with van der Waals surface area (Å²) in [5.41, 5.74) is 3.86. The molecule has 1 unspecified atom stereocenters. The van der Waals surface area contributed by atoms with Crippen LogP contribution in [0.3, 0.4) is 0 Å². The molecular weight excluding hydrogens is 474 g/mol. The largest absolute Gasteiger partial charge is 0.380 e. The van der Waals surface area contributed by atoms with E-state index in [4.69, 9.17) is 0 Å². The van der Waals surface area contributed by atoms with Gasteiger partial charge < -0.3 is 14.9 Å². The van der Waals surface area contributed by atoms with Crippen LogP contribution in [0.15, 0.2) is 48.8 Å². The Morgan fingerprint density at radius 3 is 2.42 bits per heavy atom. The van der Waals surface area contributed by atoms with Gasteiger partial charge in [0.1, 0.15) is 5.60 Å². The summed E-state index contributed by atoms with van der Waals surface area (Å²) in [5.74, 6) is 0.540. The highest BCUT2D eigenvalue weighted by molar-refractivity contribution is 5.73. The van der Waals surface area contributed by atoms with Gasteiger partial charge in [-0.05, 0) is 49.1 Å². The number of likely N-dealkylation sites (tertiary alicyclic amines) is 2. The first-order valence-corrected chi connectivity index (χ1v) is 13.7. The molecule has 1 amide bonds. The third-order valence-corrected chi connectivity index (χ3v) is 8.93. The number of carbonyl (C=O) groups excluding carboxylic acids is 1. The topological polar surface area (TPSA) is 85.3 Å². The van der Waals surface area contributed by atoms with E-state index in [1.165, 1.54) is 5.56 Å². The minimum Gasteiger partial charge on any atom is -0.380 e. The Labute approximate surface area is 226 Å². The minimum absolute atomic E-state index is 0.114. The smallest absolute Gasteiger partial charge is 0.219 e. The van der Waals surface area contributed by atoms with E-state index in [0.29, 0.717) is 12.5 Å². The SMILES string of the molecule is CC(=O)N1CCCC(C)(c2cc(-c3cncc([C@@](O)(c4ccc(C(C)C)cc4)C4(C)CN(C)C4)c3)n[nH]2)C1. The van der Waals surface area contributed by atoms with Crippen LogP contribution < -0.4 is 0 Å². The summed E-state index contributed by atoms with van der Waals surface area (Å²) >= 11 is 0. The summed E-state index contributed by atoms with van der Waals surface area (Å²) in [4.78, 5) is 20.8. The van der Waals surface area contributed by atoms with Crippen LogP contribution in [0.25, 0.3) is 11.3 Å². The lowest BCUT2D eigenvalue weighted by Crippen LogP contribution is -2.63. The monoisotopic (exact) mass is 515 g/mol. The summed E-state index contributed by atoms with van der Waals surface area (Å²) in [6, 6.07) is 12.5. The second-order valence-electron chi connectivity index (χ2n) is 12.5. The molecule has 0 spiro atoms. The van der Waals surface area contributed by atoms with Crippen molar-refractivity contribution in [3.05, 3.63) is 71.2 Å². The molecule has 2 saturated heterocycles. The number of aromatic amines is 1. The molecule has 2 aliphatic rings. The first-order chi connectivity index (χ1) is 17.9. The van der Waals surface area contributed by atoms with Crippen LogP contribution in [0.1, 0.15) is 75.8 Å². The van der Waals surface area contributed by atoms with E-state index >= 15 is 0 Å². The van der Waals surface area contributed by atoms with Crippen molar-refractivity contribution in [1.82, 2.24) is 25.0 Å². The number of rotatable bonds is 6. The number of amides is 1. The van der Waals surface area contributed by atoms with Crippen LogP contribution in [-0.2, 0) is 15.8 Å². The van der Waals surface area contributed by atoms with Crippen LogP contribution >= 0.6 is 0 Å². The Bertz CT molecular complexity index is 1310. The molecule has 5 rings (SSSR count). The number of nitrogens with zero attached hydrogens (tertiary/aromatic N) is 4. The number of pyridine rings is 1. The molecule has 2 aliphatic heterocycles. The molecule has 2 aromatic heterocycles. The summed E-state index contributed by atoms with van der Waals surface area (Å²) in [7, 11) is 2.09. The van der Waals surface area contributed by atoms with E-state index in [9.17, 15) is 9.90 Å². The molecule has 2 atom stereocenters. The number of aromatic nitrogens is 3. The van der Waals surface area contributed by atoms with Crippen molar-refractivity contribution in [1.29, 1.82) is 0 Å². The highest BCUT2D eigenvalue weighted by Crippen LogP contribution is 2.50. The third-order valence-electron chi connectivity index (χ3n) is 8.93. The van der Waals surface area contributed by atoms with Crippen LogP contribution in [0, 0.1) is 5.41 Å². The molecular formula is C31H41N5O2. The van der Waals surface area contributed by atoms with Gasteiger partial charge in [-0.1, -0.05) is 52.0 Å². The molecule has 2 fully saturated rings. The lowest BCUT2D eigenvalue weighted by Gasteiger charge is -2.55. The predicted octanol–water partition coefficient (Wildman–Crippen LogP) is 4.68. The Morgan fingerprint density at radius 1 is 1.08 bits per heavy atom. The fraction of sp³-hybridized carbons (Fsp3) is 0.516.